The first kappa shape index (κ1) is 13.4. The number of rotatable bonds is 4. The molecule has 0 bridgehead atoms. The molecule has 0 aliphatic carbocycles. The number of nitrogen functional groups attached to an aromatic ring is 1. The Hall–Kier alpha value is -1.71. The Morgan fingerprint density at radius 1 is 1.41 bits per heavy atom. The molecule has 4 heteroatoms. The maximum absolute atomic E-state index is 11.7. The first-order valence-electron chi connectivity index (χ1n) is 5.77. The van der Waals surface area contributed by atoms with E-state index < -0.39 is 0 Å². The van der Waals surface area contributed by atoms with E-state index in [1.807, 2.05) is 20.8 Å². The fraction of sp³-hybridized carbons (Fsp3) is 0.462. The van der Waals surface area contributed by atoms with Crippen LogP contribution in [0.15, 0.2) is 18.2 Å². The summed E-state index contributed by atoms with van der Waals surface area (Å²) in [5.74, 6) is 0.390. The van der Waals surface area contributed by atoms with E-state index in [1.54, 1.807) is 12.1 Å². The highest BCUT2D eigenvalue weighted by Crippen LogP contribution is 2.19. The van der Waals surface area contributed by atoms with Crippen LogP contribution in [0.1, 0.15) is 26.3 Å². The Bertz CT molecular complexity index is 402. The Labute approximate surface area is 102 Å². The first-order valence-corrected chi connectivity index (χ1v) is 5.77. The van der Waals surface area contributed by atoms with E-state index in [2.05, 4.69) is 5.32 Å². The van der Waals surface area contributed by atoms with Gasteiger partial charge in [-0.25, -0.2) is 0 Å². The summed E-state index contributed by atoms with van der Waals surface area (Å²) in [4.78, 5) is 11.7. The van der Waals surface area contributed by atoms with Crippen LogP contribution in [-0.2, 0) is 11.3 Å². The van der Waals surface area contributed by atoms with Gasteiger partial charge >= 0.3 is 0 Å². The summed E-state index contributed by atoms with van der Waals surface area (Å²) in [5.41, 5.74) is 6.82. The Morgan fingerprint density at radius 2 is 2.06 bits per heavy atom. The lowest BCUT2D eigenvalue weighted by atomic mass is 9.97. The standard InChI is InChI=1S/C13H20N2O2/c1-8(2)9(3)13(17)15-7-10-6-11(14)4-5-12(10)16/h4-6,8-9,16H,7,14H2,1-3H3,(H,15,17). The number of aromatic hydroxyl groups is 1. The second-order valence-corrected chi connectivity index (χ2v) is 4.64. The van der Waals surface area contributed by atoms with Gasteiger partial charge in [-0.3, -0.25) is 4.79 Å². The number of carbonyl (C=O) groups is 1. The minimum atomic E-state index is -0.0433. The molecule has 1 rings (SSSR count). The van der Waals surface area contributed by atoms with Gasteiger partial charge in [-0.15, -0.1) is 0 Å². The average molecular weight is 236 g/mol. The van der Waals surface area contributed by atoms with Gasteiger partial charge in [-0.1, -0.05) is 20.8 Å². The quantitative estimate of drug-likeness (QED) is 0.552. The highest BCUT2D eigenvalue weighted by Gasteiger charge is 2.16. The van der Waals surface area contributed by atoms with Crippen molar-refractivity contribution in [3.63, 3.8) is 0 Å². The summed E-state index contributed by atoms with van der Waals surface area (Å²) in [7, 11) is 0. The highest BCUT2D eigenvalue weighted by atomic mass is 16.3. The molecule has 1 unspecified atom stereocenters. The van der Waals surface area contributed by atoms with Gasteiger partial charge in [0, 0.05) is 23.7 Å². The van der Waals surface area contributed by atoms with E-state index in [0.29, 0.717) is 23.7 Å². The number of nitrogens with one attached hydrogen (secondary N) is 1. The smallest absolute Gasteiger partial charge is 0.223 e. The number of hydrogen-bond acceptors (Lipinski definition) is 3. The molecule has 0 spiro atoms. The fourth-order valence-electron chi connectivity index (χ4n) is 1.39. The lowest BCUT2D eigenvalue weighted by Crippen LogP contribution is -2.31. The molecule has 0 aliphatic heterocycles. The third-order valence-electron chi connectivity index (χ3n) is 2.97. The minimum Gasteiger partial charge on any atom is -0.508 e. The van der Waals surface area contributed by atoms with Gasteiger partial charge in [0.05, 0.1) is 0 Å². The molecule has 0 aromatic heterocycles. The Balaban J connectivity index is 2.61. The Kier molecular flexibility index (Phi) is 4.37. The molecular weight excluding hydrogens is 216 g/mol. The van der Waals surface area contributed by atoms with Crippen LogP contribution in [0.3, 0.4) is 0 Å². The summed E-state index contributed by atoms with van der Waals surface area (Å²) in [6, 6.07) is 4.82. The number of nitrogens with two attached hydrogens (primary N) is 1. The molecule has 0 fully saturated rings. The van der Waals surface area contributed by atoms with Crippen molar-refractivity contribution in [1.29, 1.82) is 0 Å². The molecule has 4 nitrogen and oxygen atoms in total. The van der Waals surface area contributed by atoms with Crippen LogP contribution < -0.4 is 11.1 Å². The zero-order valence-electron chi connectivity index (χ0n) is 10.5. The van der Waals surface area contributed by atoms with E-state index in [4.69, 9.17) is 5.73 Å². The average Bonchev–Trinajstić information content (AvgIpc) is 2.28. The van der Waals surface area contributed by atoms with Crippen LogP contribution in [0.2, 0.25) is 0 Å². The number of carbonyl (C=O) groups excluding carboxylic acids is 1. The third kappa shape index (κ3) is 3.66. The highest BCUT2D eigenvalue weighted by molar-refractivity contribution is 5.78. The molecule has 94 valence electrons. The topological polar surface area (TPSA) is 75.4 Å². The number of phenols is 1. The van der Waals surface area contributed by atoms with E-state index in [1.165, 1.54) is 6.07 Å². The number of benzene rings is 1. The molecule has 1 amide bonds. The van der Waals surface area contributed by atoms with Crippen molar-refractivity contribution >= 4 is 11.6 Å². The SMILES string of the molecule is CC(C)C(C)C(=O)NCc1cc(N)ccc1O. The van der Waals surface area contributed by atoms with Crippen LogP contribution in [0, 0.1) is 11.8 Å². The molecular formula is C13H20N2O2. The van der Waals surface area contributed by atoms with Crippen LogP contribution in [0.4, 0.5) is 5.69 Å². The fourth-order valence-corrected chi connectivity index (χ4v) is 1.39. The molecule has 17 heavy (non-hydrogen) atoms. The van der Waals surface area contributed by atoms with Crippen molar-refractivity contribution in [3.05, 3.63) is 23.8 Å². The molecule has 0 saturated heterocycles. The maximum Gasteiger partial charge on any atom is 0.223 e. The predicted octanol–water partition coefficient (Wildman–Crippen LogP) is 1.88. The first-order chi connectivity index (χ1) is 7.91. The number of anilines is 1. The van der Waals surface area contributed by atoms with Crippen molar-refractivity contribution in [3.8, 4) is 5.75 Å². The molecule has 0 aliphatic rings. The van der Waals surface area contributed by atoms with E-state index in [0.717, 1.165) is 0 Å². The van der Waals surface area contributed by atoms with Crippen LogP contribution in [0.25, 0.3) is 0 Å². The predicted molar refractivity (Wildman–Crippen MR) is 68.4 cm³/mol. The van der Waals surface area contributed by atoms with Gasteiger partial charge in [0.25, 0.3) is 0 Å². The molecule has 0 saturated carbocycles. The molecule has 1 aromatic carbocycles. The lowest BCUT2D eigenvalue weighted by Gasteiger charge is -2.15. The van der Waals surface area contributed by atoms with Crippen LogP contribution in [0.5, 0.6) is 5.75 Å². The largest absolute Gasteiger partial charge is 0.508 e. The molecule has 1 aromatic rings. The van der Waals surface area contributed by atoms with Crippen molar-refractivity contribution in [2.45, 2.75) is 27.3 Å². The Morgan fingerprint density at radius 3 is 2.65 bits per heavy atom. The van der Waals surface area contributed by atoms with Gasteiger partial charge < -0.3 is 16.2 Å². The molecule has 0 heterocycles. The summed E-state index contributed by atoms with van der Waals surface area (Å²) in [6.07, 6.45) is 0. The van der Waals surface area contributed by atoms with Gasteiger partial charge in [-0.05, 0) is 24.1 Å². The van der Waals surface area contributed by atoms with Crippen molar-refractivity contribution in [2.24, 2.45) is 11.8 Å². The third-order valence-corrected chi connectivity index (χ3v) is 2.97. The van der Waals surface area contributed by atoms with Gasteiger partial charge in [0.1, 0.15) is 5.75 Å². The van der Waals surface area contributed by atoms with E-state index in [-0.39, 0.29) is 17.6 Å². The number of amides is 1. The van der Waals surface area contributed by atoms with Crippen molar-refractivity contribution in [2.75, 3.05) is 5.73 Å². The summed E-state index contributed by atoms with van der Waals surface area (Å²) >= 11 is 0. The van der Waals surface area contributed by atoms with E-state index in [9.17, 15) is 9.90 Å². The lowest BCUT2D eigenvalue weighted by molar-refractivity contribution is -0.125. The van der Waals surface area contributed by atoms with Gasteiger partial charge in [0.2, 0.25) is 5.91 Å². The summed E-state index contributed by atoms with van der Waals surface area (Å²) in [6.45, 7) is 6.19. The zero-order valence-corrected chi connectivity index (χ0v) is 10.5. The minimum absolute atomic E-state index is 0.0122. The van der Waals surface area contributed by atoms with Crippen LogP contribution in [-0.4, -0.2) is 11.0 Å². The van der Waals surface area contributed by atoms with Crippen molar-refractivity contribution < 1.29 is 9.90 Å². The number of hydrogen-bond donors (Lipinski definition) is 3. The molecule has 1 atom stereocenters. The summed E-state index contributed by atoms with van der Waals surface area (Å²) in [5, 5.41) is 12.4. The summed E-state index contributed by atoms with van der Waals surface area (Å²) < 4.78 is 0. The monoisotopic (exact) mass is 236 g/mol. The van der Waals surface area contributed by atoms with Gasteiger partial charge in [0.15, 0.2) is 0 Å². The van der Waals surface area contributed by atoms with Gasteiger partial charge in [-0.2, -0.15) is 0 Å². The number of phenolic OH excluding ortho intramolecular Hbond substituents is 1. The molecule has 4 N–H and O–H groups in total. The second kappa shape index (κ2) is 5.57. The zero-order chi connectivity index (χ0) is 13.0. The molecule has 0 radical (unpaired) electrons. The van der Waals surface area contributed by atoms with Crippen molar-refractivity contribution in [1.82, 2.24) is 5.32 Å². The van der Waals surface area contributed by atoms with Crippen LogP contribution >= 0.6 is 0 Å². The van der Waals surface area contributed by atoms with E-state index >= 15 is 0 Å². The second-order valence-electron chi connectivity index (χ2n) is 4.64. The normalized spacial score (nSPS) is 12.5. The maximum atomic E-state index is 11.7.